The van der Waals surface area contributed by atoms with E-state index in [1.807, 2.05) is 56.3 Å². The highest BCUT2D eigenvalue weighted by molar-refractivity contribution is 5.90. The Morgan fingerprint density at radius 1 is 1.10 bits per heavy atom. The van der Waals surface area contributed by atoms with Gasteiger partial charge in [0.1, 0.15) is 6.10 Å². The number of anilines is 1. The van der Waals surface area contributed by atoms with Crippen molar-refractivity contribution in [2.75, 3.05) is 25.0 Å². The highest BCUT2D eigenvalue weighted by Gasteiger charge is 2.26. The first-order valence-corrected chi connectivity index (χ1v) is 10.5. The monoisotopic (exact) mass is 409 g/mol. The van der Waals surface area contributed by atoms with Gasteiger partial charge in [0, 0.05) is 38.3 Å². The minimum absolute atomic E-state index is 0.000277. The van der Waals surface area contributed by atoms with E-state index in [9.17, 15) is 9.59 Å². The Morgan fingerprint density at radius 3 is 2.63 bits per heavy atom. The number of carbonyl (C=O) groups excluding carboxylic acids is 2. The molecule has 0 radical (unpaired) electrons. The van der Waals surface area contributed by atoms with Gasteiger partial charge in [0.15, 0.2) is 0 Å². The molecule has 2 aromatic carbocycles. The second-order valence-corrected chi connectivity index (χ2v) is 8.14. The Morgan fingerprint density at radius 2 is 1.87 bits per heavy atom. The van der Waals surface area contributed by atoms with Crippen LogP contribution in [0.3, 0.4) is 0 Å². The zero-order valence-corrected chi connectivity index (χ0v) is 17.8. The molecule has 30 heavy (non-hydrogen) atoms. The first-order chi connectivity index (χ1) is 14.5. The largest absolute Gasteiger partial charge is 0.366 e. The molecule has 1 atom stereocenters. The van der Waals surface area contributed by atoms with E-state index in [-0.39, 0.29) is 11.8 Å². The van der Waals surface area contributed by atoms with Crippen molar-refractivity contribution in [2.24, 2.45) is 5.92 Å². The third kappa shape index (κ3) is 6.97. The van der Waals surface area contributed by atoms with Crippen molar-refractivity contribution in [3.05, 3.63) is 65.7 Å². The lowest BCUT2D eigenvalue weighted by molar-refractivity contribution is -0.139. The number of rotatable bonds is 8. The highest BCUT2D eigenvalue weighted by Crippen LogP contribution is 2.14. The van der Waals surface area contributed by atoms with Gasteiger partial charge in [0.05, 0.1) is 6.61 Å². The van der Waals surface area contributed by atoms with Gasteiger partial charge < -0.3 is 15.4 Å². The summed E-state index contributed by atoms with van der Waals surface area (Å²) in [6, 6.07) is 17.8. The van der Waals surface area contributed by atoms with E-state index < -0.39 is 6.10 Å². The minimum atomic E-state index is -0.476. The normalized spacial score (nSPS) is 17.0. The lowest BCUT2D eigenvalue weighted by atomic mass is 10.1. The Labute approximate surface area is 178 Å². The highest BCUT2D eigenvalue weighted by atomic mass is 16.5. The van der Waals surface area contributed by atoms with Crippen LogP contribution >= 0.6 is 0 Å². The van der Waals surface area contributed by atoms with E-state index in [0.29, 0.717) is 32.0 Å². The molecule has 1 heterocycles. The fraction of sp³-hybridized carbons (Fsp3) is 0.417. The molecule has 2 amide bonds. The molecule has 6 heteroatoms. The summed E-state index contributed by atoms with van der Waals surface area (Å²) >= 11 is 0. The lowest BCUT2D eigenvalue weighted by Crippen LogP contribution is -2.49. The van der Waals surface area contributed by atoms with Crippen LogP contribution in [0.5, 0.6) is 0 Å². The average molecular weight is 410 g/mol. The predicted octanol–water partition coefficient (Wildman–Crippen LogP) is 3.19. The smallest absolute Gasteiger partial charge is 0.250 e. The number of amides is 2. The molecule has 1 aliphatic heterocycles. The maximum atomic E-state index is 12.6. The molecule has 0 aliphatic carbocycles. The summed E-state index contributed by atoms with van der Waals surface area (Å²) in [6.45, 7) is 7.17. The summed E-state index contributed by atoms with van der Waals surface area (Å²) in [5.41, 5.74) is 2.91. The molecule has 2 aromatic rings. The van der Waals surface area contributed by atoms with Crippen LogP contribution in [0.1, 0.15) is 31.4 Å². The first-order valence-electron chi connectivity index (χ1n) is 10.5. The van der Waals surface area contributed by atoms with Crippen molar-refractivity contribution in [1.29, 1.82) is 0 Å². The Bertz CT molecular complexity index is 839. The van der Waals surface area contributed by atoms with Crippen LogP contribution in [-0.4, -0.2) is 42.5 Å². The second kappa shape index (κ2) is 10.9. The SMILES string of the molecule is CC(C)CC(=O)Nc1cccc(CNC(=O)C2CN(Cc3ccccc3)CCO2)c1. The first kappa shape index (κ1) is 22.0. The summed E-state index contributed by atoms with van der Waals surface area (Å²) in [4.78, 5) is 26.8. The van der Waals surface area contributed by atoms with Crippen LogP contribution in [0.25, 0.3) is 0 Å². The Kier molecular flexibility index (Phi) is 7.99. The summed E-state index contributed by atoms with van der Waals surface area (Å²) in [7, 11) is 0. The summed E-state index contributed by atoms with van der Waals surface area (Å²) in [5.74, 6) is 0.201. The van der Waals surface area contributed by atoms with Gasteiger partial charge in [-0.2, -0.15) is 0 Å². The predicted molar refractivity (Wildman–Crippen MR) is 118 cm³/mol. The van der Waals surface area contributed by atoms with Crippen LogP contribution in [-0.2, 0) is 27.4 Å². The van der Waals surface area contributed by atoms with Crippen molar-refractivity contribution in [2.45, 2.75) is 39.5 Å². The third-order valence-corrected chi connectivity index (χ3v) is 4.96. The van der Waals surface area contributed by atoms with E-state index >= 15 is 0 Å². The molecule has 0 bridgehead atoms. The number of ether oxygens (including phenoxy) is 1. The Hall–Kier alpha value is -2.70. The van der Waals surface area contributed by atoms with Crippen molar-refractivity contribution in [3.63, 3.8) is 0 Å². The molecule has 1 fully saturated rings. The quantitative estimate of drug-likeness (QED) is 0.703. The molecule has 1 unspecified atom stereocenters. The number of morpholine rings is 1. The molecule has 3 rings (SSSR count). The van der Waals surface area contributed by atoms with Gasteiger partial charge >= 0.3 is 0 Å². The van der Waals surface area contributed by atoms with Gasteiger partial charge in [-0.05, 0) is 29.2 Å². The summed E-state index contributed by atoms with van der Waals surface area (Å²) in [5, 5.41) is 5.87. The van der Waals surface area contributed by atoms with E-state index in [4.69, 9.17) is 4.74 Å². The molecular weight excluding hydrogens is 378 g/mol. The molecule has 0 aromatic heterocycles. The third-order valence-electron chi connectivity index (χ3n) is 4.96. The number of benzene rings is 2. The van der Waals surface area contributed by atoms with Crippen LogP contribution in [0.2, 0.25) is 0 Å². The van der Waals surface area contributed by atoms with Crippen molar-refractivity contribution < 1.29 is 14.3 Å². The molecule has 0 spiro atoms. The molecule has 1 aliphatic rings. The summed E-state index contributed by atoms with van der Waals surface area (Å²) < 4.78 is 5.70. The lowest BCUT2D eigenvalue weighted by Gasteiger charge is -2.32. The van der Waals surface area contributed by atoms with Gasteiger partial charge in [-0.15, -0.1) is 0 Å². The van der Waals surface area contributed by atoms with Gasteiger partial charge in [-0.3, -0.25) is 14.5 Å². The molecule has 6 nitrogen and oxygen atoms in total. The van der Waals surface area contributed by atoms with Crippen LogP contribution in [0, 0.1) is 5.92 Å². The Balaban J connectivity index is 1.49. The standard InChI is InChI=1S/C24H31N3O3/c1-18(2)13-23(28)26-21-10-6-9-20(14-21)15-25-24(29)22-17-27(11-12-30-22)16-19-7-4-3-5-8-19/h3-10,14,18,22H,11-13,15-17H2,1-2H3,(H,25,29)(H,26,28). The van der Waals surface area contributed by atoms with Gasteiger partial charge in [-0.25, -0.2) is 0 Å². The van der Waals surface area contributed by atoms with Crippen molar-refractivity contribution in [3.8, 4) is 0 Å². The molecule has 1 saturated heterocycles. The van der Waals surface area contributed by atoms with E-state index in [1.54, 1.807) is 0 Å². The zero-order chi connectivity index (χ0) is 21.3. The van der Waals surface area contributed by atoms with E-state index in [1.165, 1.54) is 5.56 Å². The molecule has 2 N–H and O–H groups in total. The number of carbonyl (C=O) groups is 2. The van der Waals surface area contributed by atoms with Crippen LogP contribution in [0.4, 0.5) is 5.69 Å². The number of nitrogens with zero attached hydrogens (tertiary/aromatic N) is 1. The topological polar surface area (TPSA) is 70.7 Å². The van der Waals surface area contributed by atoms with Gasteiger partial charge in [-0.1, -0.05) is 56.3 Å². The van der Waals surface area contributed by atoms with Crippen LogP contribution in [0.15, 0.2) is 54.6 Å². The molecule has 160 valence electrons. The maximum Gasteiger partial charge on any atom is 0.250 e. The van der Waals surface area contributed by atoms with E-state index in [0.717, 1.165) is 24.3 Å². The maximum absolute atomic E-state index is 12.6. The van der Waals surface area contributed by atoms with Crippen molar-refractivity contribution in [1.82, 2.24) is 10.2 Å². The molecular formula is C24H31N3O3. The van der Waals surface area contributed by atoms with Gasteiger partial charge in [0.2, 0.25) is 5.91 Å². The summed E-state index contributed by atoms with van der Waals surface area (Å²) in [6.07, 6.45) is 0.0100. The minimum Gasteiger partial charge on any atom is -0.366 e. The van der Waals surface area contributed by atoms with Crippen molar-refractivity contribution >= 4 is 17.5 Å². The fourth-order valence-electron chi connectivity index (χ4n) is 3.49. The zero-order valence-electron chi connectivity index (χ0n) is 17.8. The fourth-order valence-corrected chi connectivity index (χ4v) is 3.49. The molecule has 0 saturated carbocycles. The van der Waals surface area contributed by atoms with E-state index in [2.05, 4.69) is 27.7 Å². The number of hydrogen-bond donors (Lipinski definition) is 2. The second-order valence-electron chi connectivity index (χ2n) is 8.14. The van der Waals surface area contributed by atoms with Gasteiger partial charge in [0.25, 0.3) is 5.91 Å². The average Bonchev–Trinajstić information content (AvgIpc) is 2.72. The number of hydrogen-bond acceptors (Lipinski definition) is 4. The van der Waals surface area contributed by atoms with Crippen LogP contribution < -0.4 is 10.6 Å². The number of nitrogens with one attached hydrogen (secondary N) is 2.